The maximum atomic E-state index is 11.5. The maximum Gasteiger partial charge on any atom is 0.153 e. The number of nitrogens with one attached hydrogen (secondary N) is 1. The van der Waals surface area contributed by atoms with Gasteiger partial charge in [0.2, 0.25) is 0 Å². The Bertz CT molecular complexity index is 483. The molecule has 0 aromatic heterocycles. The van der Waals surface area contributed by atoms with Crippen LogP contribution in [-0.2, 0) is 16.4 Å². The van der Waals surface area contributed by atoms with Gasteiger partial charge in [-0.15, -0.1) is 0 Å². The molecule has 0 saturated carbocycles. The number of benzene rings is 1. The number of hydrogen-bond donors (Lipinski definition) is 1. The smallest absolute Gasteiger partial charge is 0.153 e. The van der Waals surface area contributed by atoms with E-state index in [1.165, 1.54) is 6.26 Å². The molecule has 1 N–H and O–H groups in total. The fourth-order valence-electron chi connectivity index (χ4n) is 1.27. The highest BCUT2D eigenvalue weighted by Gasteiger charge is 2.29. The fraction of sp³-hybridized carbons (Fsp3) is 0.500. The van der Waals surface area contributed by atoms with Crippen molar-refractivity contribution in [3.8, 4) is 0 Å². The molecule has 1 rings (SSSR count). The molecule has 96 valence electrons. The third-order valence-corrected chi connectivity index (χ3v) is 5.75. The Morgan fingerprint density at radius 1 is 1.29 bits per heavy atom. The molecule has 0 spiro atoms. The van der Waals surface area contributed by atoms with Crippen molar-refractivity contribution in [2.24, 2.45) is 0 Å². The molecule has 0 saturated heterocycles. The lowest BCUT2D eigenvalue weighted by molar-refractivity contribution is 0.521. The zero-order valence-electron chi connectivity index (χ0n) is 10.3. The zero-order valence-corrected chi connectivity index (χ0v) is 12.7. The van der Waals surface area contributed by atoms with Gasteiger partial charge in [-0.2, -0.15) is 0 Å². The van der Waals surface area contributed by atoms with Crippen LogP contribution in [0.2, 0.25) is 0 Å². The van der Waals surface area contributed by atoms with Gasteiger partial charge in [-0.25, -0.2) is 8.42 Å². The Labute approximate surface area is 112 Å². The van der Waals surface area contributed by atoms with Gasteiger partial charge in [0.05, 0.1) is 4.75 Å². The Morgan fingerprint density at radius 2 is 1.88 bits per heavy atom. The summed E-state index contributed by atoms with van der Waals surface area (Å²) in [6, 6.07) is 7.89. The van der Waals surface area contributed by atoms with Crippen LogP contribution in [0.5, 0.6) is 0 Å². The fourth-order valence-corrected chi connectivity index (χ4v) is 2.06. The van der Waals surface area contributed by atoms with Crippen LogP contribution in [0.1, 0.15) is 19.4 Å². The Kier molecular flexibility index (Phi) is 4.75. The molecule has 1 aromatic rings. The highest BCUT2D eigenvalue weighted by molar-refractivity contribution is 9.10. The molecule has 0 heterocycles. The molecule has 0 bridgehead atoms. The Balaban J connectivity index is 2.58. The van der Waals surface area contributed by atoms with Crippen LogP contribution in [0, 0.1) is 0 Å². The predicted octanol–water partition coefficient (Wildman–Crippen LogP) is 2.36. The monoisotopic (exact) mass is 319 g/mol. The van der Waals surface area contributed by atoms with E-state index in [0.29, 0.717) is 13.1 Å². The summed E-state index contributed by atoms with van der Waals surface area (Å²) in [7, 11) is -3.04. The summed E-state index contributed by atoms with van der Waals surface area (Å²) in [5.41, 5.74) is 1.12. The minimum absolute atomic E-state index is 0.438. The lowest BCUT2D eigenvalue weighted by atomic mass is 10.2. The van der Waals surface area contributed by atoms with Crippen LogP contribution in [0.15, 0.2) is 28.7 Å². The lowest BCUT2D eigenvalue weighted by Gasteiger charge is -2.23. The van der Waals surface area contributed by atoms with E-state index in [-0.39, 0.29) is 0 Å². The molecule has 0 aliphatic heterocycles. The Morgan fingerprint density at radius 3 is 2.41 bits per heavy atom. The highest BCUT2D eigenvalue weighted by atomic mass is 79.9. The van der Waals surface area contributed by atoms with Crippen molar-refractivity contribution >= 4 is 25.8 Å². The number of halogens is 1. The van der Waals surface area contributed by atoms with Gasteiger partial charge in [-0.1, -0.05) is 34.1 Å². The molecule has 17 heavy (non-hydrogen) atoms. The summed E-state index contributed by atoms with van der Waals surface area (Å²) in [5, 5.41) is 3.18. The molecule has 0 aliphatic carbocycles. The van der Waals surface area contributed by atoms with E-state index >= 15 is 0 Å². The Hall–Kier alpha value is -0.390. The second-order valence-corrected chi connectivity index (χ2v) is 8.23. The van der Waals surface area contributed by atoms with E-state index in [9.17, 15) is 8.42 Å². The van der Waals surface area contributed by atoms with Crippen molar-refractivity contribution < 1.29 is 8.42 Å². The normalized spacial score (nSPS) is 12.7. The van der Waals surface area contributed by atoms with E-state index in [2.05, 4.69) is 21.2 Å². The second kappa shape index (κ2) is 5.50. The van der Waals surface area contributed by atoms with Crippen molar-refractivity contribution in [2.75, 3.05) is 12.8 Å². The van der Waals surface area contributed by atoms with Crippen LogP contribution in [0.25, 0.3) is 0 Å². The third-order valence-electron chi connectivity index (χ3n) is 2.83. The molecular formula is C12H18BrNO2S. The molecule has 1 aromatic carbocycles. The largest absolute Gasteiger partial charge is 0.311 e. The second-order valence-electron chi connectivity index (χ2n) is 4.73. The molecule has 0 amide bonds. The van der Waals surface area contributed by atoms with E-state index in [1.54, 1.807) is 13.8 Å². The number of hydrogen-bond acceptors (Lipinski definition) is 3. The summed E-state index contributed by atoms with van der Waals surface area (Å²) in [5.74, 6) is 0. The molecule has 0 aliphatic rings. The highest BCUT2D eigenvalue weighted by Crippen LogP contribution is 2.17. The van der Waals surface area contributed by atoms with Crippen LogP contribution >= 0.6 is 15.9 Å². The minimum atomic E-state index is -3.04. The van der Waals surface area contributed by atoms with Crippen LogP contribution in [0.3, 0.4) is 0 Å². The van der Waals surface area contributed by atoms with Gasteiger partial charge in [0.25, 0.3) is 0 Å². The average molecular weight is 320 g/mol. The van der Waals surface area contributed by atoms with Crippen molar-refractivity contribution in [3.05, 3.63) is 34.3 Å². The topological polar surface area (TPSA) is 46.2 Å². The van der Waals surface area contributed by atoms with Gasteiger partial charge >= 0.3 is 0 Å². The number of rotatable bonds is 5. The quantitative estimate of drug-likeness (QED) is 0.906. The van der Waals surface area contributed by atoms with Gasteiger partial charge in [-0.05, 0) is 25.5 Å². The average Bonchev–Trinajstić information content (AvgIpc) is 2.19. The number of sulfone groups is 1. The van der Waals surface area contributed by atoms with Crippen molar-refractivity contribution in [1.82, 2.24) is 5.32 Å². The van der Waals surface area contributed by atoms with Gasteiger partial charge in [0.15, 0.2) is 9.84 Å². The lowest BCUT2D eigenvalue weighted by Crippen LogP contribution is -2.41. The minimum Gasteiger partial charge on any atom is -0.311 e. The molecule has 0 fully saturated rings. The molecule has 0 atom stereocenters. The summed E-state index contributed by atoms with van der Waals surface area (Å²) < 4.78 is 23.3. The first-order valence-electron chi connectivity index (χ1n) is 5.38. The first-order chi connectivity index (χ1) is 7.74. The summed E-state index contributed by atoms with van der Waals surface area (Å²) >= 11 is 3.46. The SMILES string of the molecule is CC(C)(CNCc1ccccc1Br)S(C)(=O)=O. The molecule has 0 unspecified atom stereocenters. The predicted molar refractivity (Wildman–Crippen MR) is 74.8 cm³/mol. The molecular weight excluding hydrogens is 302 g/mol. The zero-order chi connectivity index (χ0) is 13.1. The van der Waals surface area contributed by atoms with E-state index in [1.807, 2.05) is 24.3 Å². The van der Waals surface area contributed by atoms with E-state index in [0.717, 1.165) is 10.0 Å². The molecule has 0 radical (unpaired) electrons. The van der Waals surface area contributed by atoms with Crippen LogP contribution < -0.4 is 5.32 Å². The van der Waals surface area contributed by atoms with Gasteiger partial charge in [0, 0.05) is 23.8 Å². The summed E-state index contributed by atoms with van der Waals surface area (Å²) in [6.07, 6.45) is 1.27. The van der Waals surface area contributed by atoms with Crippen molar-refractivity contribution in [2.45, 2.75) is 25.1 Å². The van der Waals surface area contributed by atoms with Crippen molar-refractivity contribution in [3.63, 3.8) is 0 Å². The van der Waals surface area contributed by atoms with Crippen molar-refractivity contribution in [1.29, 1.82) is 0 Å². The van der Waals surface area contributed by atoms with E-state index < -0.39 is 14.6 Å². The standard InChI is InChI=1S/C12H18BrNO2S/c1-12(2,17(3,15)16)9-14-8-10-6-4-5-7-11(10)13/h4-7,14H,8-9H2,1-3H3. The van der Waals surface area contributed by atoms with Gasteiger partial charge < -0.3 is 5.32 Å². The summed E-state index contributed by atoms with van der Waals surface area (Å²) in [4.78, 5) is 0. The first-order valence-corrected chi connectivity index (χ1v) is 8.06. The first kappa shape index (κ1) is 14.7. The van der Waals surface area contributed by atoms with Crippen LogP contribution in [-0.4, -0.2) is 26.0 Å². The molecule has 3 nitrogen and oxygen atoms in total. The van der Waals surface area contributed by atoms with Crippen LogP contribution in [0.4, 0.5) is 0 Å². The van der Waals surface area contributed by atoms with Gasteiger partial charge in [-0.3, -0.25) is 0 Å². The summed E-state index contributed by atoms with van der Waals surface area (Å²) in [6.45, 7) is 4.55. The third kappa shape index (κ3) is 4.08. The molecule has 5 heteroatoms. The maximum absolute atomic E-state index is 11.5. The van der Waals surface area contributed by atoms with Gasteiger partial charge in [0.1, 0.15) is 0 Å². The van der Waals surface area contributed by atoms with E-state index in [4.69, 9.17) is 0 Å².